The molecule has 0 aromatic heterocycles. The summed E-state index contributed by atoms with van der Waals surface area (Å²) in [5.41, 5.74) is 23.4. The number of hydrogen-bond acceptors (Lipinski definition) is 8. The third-order valence-electron chi connectivity index (χ3n) is 9.54. The zero-order valence-corrected chi connectivity index (χ0v) is 25.2. The molecule has 4 aromatic carbocycles. The minimum Gasteiger partial charge on any atom is -0.480 e. The van der Waals surface area contributed by atoms with Crippen LogP contribution in [0.5, 0.6) is 0 Å². The lowest BCUT2D eigenvalue weighted by molar-refractivity contribution is -0.143. The molecule has 2 unspecified atom stereocenters. The average molecular weight is 613 g/mol. The summed E-state index contributed by atoms with van der Waals surface area (Å²) in [5.74, 6) is -2.17. The molecule has 2 aliphatic rings. The number of rotatable bonds is 7. The fourth-order valence-corrected chi connectivity index (χ4v) is 7.16. The van der Waals surface area contributed by atoms with Crippen molar-refractivity contribution >= 4 is 23.3 Å². The fraction of sp³-hybridized carbons (Fsp3) is 0.167. The van der Waals surface area contributed by atoms with Gasteiger partial charge in [0.05, 0.1) is 22.8 Å². The zero-order chi connectivity index (χ0) is 34.4. The molecule has 10 nitrogen and oxygen atoms in total. The second-order valence-electron chi connectivity index (χ2n) is 11.8. The average Bonchev–Trinajstić information content (AvgIpc) is 3.07. The second-order valence-corrected chi connectivity index (χ2v) is 11.8. The van der Waals surface area contributed by atoms with Crippen LogP contribution >= 0.6 is 0 Å². The summed E-state index contributed by atoms with van der Waals surface area (Å²) in [4.78, 5) is 26.4. The monoisotopic (exact) mass is 612 g/mol. The van der Waals surface area contributed by atoms with E-state index in [4.69, 9.17) is 14.3 Å². The van der Waals surface area contributed by atoms with E-state index in [2.05, 4.69) is 21.3 Å². The molecule has 0 radical (unpaired) electrons. The topological polar surface area (TPSA) is 199 Å². The van der Waals surface area contributed by atoms with Crippen molar-refractivity contribution in [1.29, 1.82) is 11.0 Å². The highest BCUT2D eigenvalue weighted by atomic mass is 16.4. The zero-order valence-electron chi connectivity index (χ0n) is 27.2. The largest absolute Gasteiger partial charge is 0.480 e. The Morgan fingerprint density at radius 2 is 1.07 bits per heavy atom. The molecule has 2 aliphatic carbocycles. The van der Waals surface area contributed by atoms with E-state index in [1.54, 1.807) is 60.7 Å². The third kappa shape index (κ3) is 4.17. The molecule has 0 fully saturated rings. The highest BCUT2D eigenvalue weighted by Crippen LogP contribution is 2.49. The molecule has 2 atom stereocenters. The summed E-state index contributed by atoms with van der Waals surface area (Å²) >= 11 is 0. The maximum absolute atomic E-state index is 13.2. The summed E-state index contributed by atoms with van der Waals surface area (Å²) in [6.45, 7) is 3.79. The number of aryl methyl sites for hydroxylation is 2. The first-order valence-electron chi connectivity index (χ1n) is 15.5. The number of nitrogens with zero attached hydrogens (tertiary/aromatic N) is 2. The molecule has 46 heavy (non-hydrogen) atoms. The summed E-state index contributed by atoms with van der Waals surface area (Å²) < 4.78 is 14.6. The van der Waals surface area contributed by atoms with Gasteiger partial charge in [-0.25, -0.2) is 11.0 Å². The summed E-state index contributed by atoms with van der Waals surface area (Å²) in [7, 11) is 0. The van der Waals surface area contributed by atoms with Crippen LogP contribution in [0.25, 0.3) is 22.5 Å². The van der Waals surface area contributed by atoms with E-state index in [0.29, 0.717) is 33.4 Å². The summed E-state index contributed by atoms with van der Waals surface area (Å²) in [5, 5.41) is 29.3. The van der Waals surface area contributed by atoms with Gasteiger partial charge in [0.25, 0.3) is 0 Å². The molecular formula is C36H32N6O4. The van der Waals surface area contributed by atoms with E-state index < -0.39 is 22.8 Å². The number of aliphatic carboxylic acids is 2. The summed E-state index contributed by atoms with van der Waals surface area (Å²) in [6, 6.07) is 25.0. The van der Waals surface area contributed by atoms with Crippen molar-refractivity contribution in [3.8, 4) is 11.1 Å². The van der Waals surface area contributed by atoms with E-state index in [9.17, 15) is 19.8 Å². The molecule has 6 rings (SSSR count). The highest BCUT2D eigenvalue weighted by Gasteiger charge is 2.49. The van der Waals surface area contributed by atoms with Gasteiger partial charge < -0.3 is 21.7 Å². The van der Waals surface area contributed by atoms with Crippen molar-refractivity contribution in [3.63, 3.8) is 0 Å². The van der Waals surface area contributed by atoms with E-state index >= 15 is 0 Å². The number of carbonyl (C=O) groups is 2. The minimum atomic E-state index is -1.53. The Morgan fingerprint density at radius 3 is 1.41 bits per heavy atom. The van der Waals surface area contributed by atoms with Gasteiger partial charge in [0.2, 0.25) is 2.82 Å². The number of benzene rings is 4. The van der Waals surface area contributed by atoms with Crippen molar-refractivity contribution in [3.05, 3.63) is 141 Å². The molecule has 0 saturated heterocycles. The van der Waals surface area contributed by atoms with E-state index in [1.165, 1.54) is 0 Å². The van der Waals surface area contributed by atoms with Crippen LogP contribution in [-0.4, -0.2) is 22.2 Å². The molecule has 0 spiro atoms. The van der Waals surface area contributed by atoms with Crippen LogP contribution in [-0.2, 0) is 20.4 Å². The maximum atomic E-state index is 13.2. The molecule has 230 valence electrons. The minimum absolute atomic E-state index is 0.0838. The van der Waals surface area contributed by atoms with Crippen molar-refractivity contribution in [1.82, 2.24) is 0 Å². The van der Waals surface area contributed by atoms with Crippen LogP contribution < -0.4 is 11.5 Å². The van der Waals surface area contributed by atoms with E-state index in [0.717, 1.165) is 22.3 Å². The first-order valence-corrected chi connectivity index (χ1v) is 14.6. The van der Waals surface area contributed by atoms with Crippen molar-refractivity contribution in [2.75, 3.05) is 0 Å². The Morgan fingerprint density at radius 1 is 0.674 bits per heavy atom. The highest BCUT2D eigenvalue weighted by molar-refractivity contribution is 5.93. The number of fused-ring (bicyclic) bond motifs is 2. The van der Waals surface area contributed by atoms with Crippen LogP contribution in [0.4, 0.5) is 0 Å². The molecule has 8 N–H and O–H groups in total. The molecule has 0 bridgehead atoms. The summed E-state index contributed by atoms with van der Waals surface area (Å²) in [6.07, 6.45) is -0.168. The molecule has 0 heterocycles. The first kappa shape index (κ1) is 27.6. The lowest BCUT2D eigenvalue weighted by Crippen LogP contribution is -2.41. The lowest BCUT2D eigenvalue weighted by Gasteiger charge is -2.37. The van der Waals surface area contributed by atoms with Gasteiger partial charge >= 0.3 is 11.9 Å². The smallest absolute Gasteiger partial charge is 0.319 e. The van der Waals surface area contributed by atoms with Gasteiger partial charge in [0, 0.05) is 24.0 Å². The van der Waals surface area contributed by atoms with Crippen molar-refractivity contribution in [2.45, 2.75) is 37.5 Å². The van der Waals surface area contributed by atoms with E-state index in [-0.39, 0.29) is 35.6 Å². The molecule has 0 saturated carbocycles. The number of allylic oxidation sites excluding steroid dienone is 2. The third-order valence-corrected chi connectivity index (χ3v) is 9.54. The van der Waals surface area contributed by atoms with Crippen LogP contribution in [0.15, 0.2) is 107 Å². The van der Waals surface area contributed by atoms with Gasteiger partial charge in [-0.2, -0.15) is 10.2 Å². The molecular weight excluding hydrogens is 580 g/mol. The standard InChI is InChI=1S/C36H32N6O4/c1-19-15-21(35(33(43)44)17-29(41-39)31(37)25-7-3-5-9-27(25)35)11-13-23(19)24-14-12-22(16-20(24)2)36(34(45)46)18-30(42-40)32(38)26-8-4-6-10-28(26)36/h3-16,39-40H,17-18,37-38H2,1-2H3,(H,43,44)(H,45,46)/b41-39+,42-40+. The van der Waals surface area contributed by atoms with Gasteiger partial charge in [0.15, 0.2) is 0 Å². The predicted octanol–water partition coefficient (Wildman–Crippen LogP) is 6.84. The molecule has 4 aromatic rings. The van der Waals surface area contributed by atoms with Crippen molar-refractivity contribution in [2.24, 2.45) is 21.7 Å². The Kier molecular flexibility index (Phi) is 6.56. The SMILES string of the molecule is [H]/N=N/C1=C(N)c2ccccc2C(C(=O)O)(c2ccc(-c3ccc(C4(C(=O)O)CC(/N=N/[H])=C(N)c5ccccc54)cc3C)c(C)c2)C1. The maximum Gasteiger partial charge on any atom is 0.319 e. The van der Waals surface area contributed by atoms with Crippen molar-refractivity contribution < 1.29 is 22.6 Å². The molecule has 10 heteroatoms. The van der Waals surface area contributed by atoms with Crippen LogP contribution in [0.1, 0.15) is 57.3 Å². The van der Waals surface area contributed by atoms with Gasteiger partial charge in [-0.15, -0.1) is 0 Å². The van der Waals surface area contributed by atoms with Gasteiger partial charge in [0.1, 0.15) is 10.8 Å². The Labute approximate surface area is 268 Å². The predicted molar refractivity (Wildman–Crippen MR) is 173 cm³/mol. The van der Waals surface area contributed by atoms with E-state index in [1.807, 2.05) is 38.1 Å². The molecule has 0 amide bonds. The van der Waals surface area contributed by atoms with Crippen LogP contribution in [0, 0.1) is 24.9 Å². The number of carboxylic acid groups (broad SMARTS) is 2. The lowest BCUT2D eigenvalue weighted by atomic mass is 9.65. The normalized spacial score (nSPS) is 21.6. The molecule has 0 aliphatic heterocycles. The fourth-order valence-electron chi connectivity index (χ4n) is 7.16. The number of hydrogen-bond donors (Lipinski definition) is 6. The number of carboxylic acids is 2. The Bertz CT molecular complexity index is 1990. The van der Waals surface area contributed by atoms with Gasteiger partial charge in [-0.3, -0.25) is 9.59 Å². The number of nitrogens with two attached hydrogens (primary N) is 2. The van der Waals surface area contributed by atoms with Gasteiger partial charge in [-0.05, 0) is 58.4 Å². The first-order chi connectivity index (χ1) is 23.0. The van der Waals surface area contributed by atoms with Crippen LogP contribution in [0.2, 0.25) is 2.82 Å². The second kappa shape index (κ2) is 10.9. The number of nitrogens with one attached hydrogen (secondary N) is 2. The Balaban J connectivity index is 1.47. The van der Waals surface area contributed by atoms with Gasteiger partial charge in [-0.1, -0.05) is 84.9 Å². The van der Waals surface area contributed by atoms with Crippen LogP contribution in [0.3, 0.4) is 0 Å². The quantitative estimate of drug-likeness (QED) is 0.123. The Hall–Kier alpha value is -5.90.